The summed E-state index contributed by atoms with van der Waals surface area (Å²) >= 11 is 0. The molecule has 12 nitrogen and oxygen atoms in total. The zero-order chi connectivity index (χ0) is 28.8. The summed E-state index contributed by atoms with van der Waals surface area (Å²) in [4.78, 5) is 59.2. The van der Waals surface area contributed by atoms with Crippen molar-refractivity contribution in [3.63, 3.8) is 0 Å². The van der Waals surface area contributed by atoms with Gasteiger partial charge >= 0.3 is 23.6 Å². The highest BCUT2D eigenvalue weighted by atomic mass is 16.7. The van der Waals surface area contributed by atoms with Crippen molar-refractivity contribution in [2.24, 2.45) is 0 Å². The Labute approximate surface area is 233 Å². The molecule has 2 heterocycles. The molecule has 1 aliphatic heterocycles. The minimum atomic E-state index is -1.37. The number of carbonyl (C=O) groups is 3. The predicted molar refractivity (Wildman–Crippen MR) is 143 cm³/mol. The molecule has 0 spiro atoms. The van der Waals surface area contributed by atoms with Crippen molar-refractivity contribution in [3.05, 3.63) is 124 Å². The van der Waals surface area contributed by atoms with Crippen molar-refractivity contribution in [1.29, 1.82) is 0 Å². The molecule has 1 aliphatic rings. The fourth-order valence-corrected chi connectivity index (χ4v) is 4.21. The quantitative estimate of drug-likeness (QED) is 0.251. The summed E-state index contributed by atoms with van der Waals surface area (Å²) in [7, 11) is 0. The fourth-order valence-electron chi connectivity index (χ4n) is 4.21. The second kappa shape index (κ2) is 12.2. The molecule has 1 unspecified atom stereocenters. The van der Waals surface area contributed by atoms with Gasteiger partial charge in [0.1, 0.15) is 19.0 Å². The van der Waals surface area contributed by atoms with Crippen molar-refractivity contribution >= 4 is 23.9 Å². The van der Waals surface area contributed by atoms with Crippen LogP contribution in [0.4, 0.5) is 5.95 Å². The van der Waals surface area contributed by atoms with Crippen molar-refractivity contribution in [3.8, 4) is 0 Å². The third-order valence-electron chi connectivity index (χ3n) is 6.20. The van der Waals surface area contributed by atoms with Crippen molar-refractivity contribution in [1.82, 2.24) is 14.5 Å². The normalized spacial score (nSPS) is 19.7. The first-order valence-corrected chi connectivity index (χ1v) is 12.5. The third-order valence-corrected chi connectivity index (χ3v) is 6.20. The molecule has 0 amide bonds. The molecule has 3 aromatic carbocycles. The summed E-state index contributed by atoms with van der Waals surface area (Å²) in [6.45, 7) is -0.402. The second-order valence-corrected chi connectivity index (χ2v) is 8.91. The van der Waals surface area contributed by atoms with E-state index in [1.54, 1.807) is 78.9 Å². The monoisotopic (exact) mass is 556 g/mol. The van der Waals surface area contributed by atoms with Gasteiger partial charge in [0.15, 0.2) is 18.4 Å². The summed E-state index contributed by atoms with van der Waals surface area (Å²) in [5, 5.41) is 0. The molecule has 2 N–H and O–H groups in total. The number of benzene rings is 3. The lowest BCUT2D eigenvalue weighted by molar-refractivity contribution is -0.0643. The van der Waals surface area contributed by atoms with Crippen LogP contribution in [0.1, 0.15) is 37.3 Å². The SMILES string of the molecule is Nc1ncn([C@@H]2O[C@H](COC(=O)c3ccccc3)[C@@H](OC(=O)c3ccccc3)C2OC(=O)c2ccccc2)c(=O)n1. The van der Waals surface area contributed by atoms with Crippen LogP contribution in [-0.4, -0.2) is 57.4 Å². The number of rotatable bonds is 8. The average Bonchev–Trinajstić information content (AvgIpc) is 3.33. The number of ether oxygens (including phenoxy) is 4. The number of nitrogens with zero attached hydrogens (tertiary/aromatic N) is 3. The van der Waals surface area contributed by atoms with Crippen molar-refractivity contribution < 1.29 is 33.3 Å². The van der Waals surface area contributed by atoms with Crippen molar-refractivity contribution in [2.45, 2.75) is 24.5 Å². The minimum Gasteiger partial charge on any atom is -0.459 e. The number of nitrogen functional groups attached to an aromatic ring is 1. The first-order valence-electron chi connectivity index (χ1n) is 12.5. The Morgan fingerprint density at radius 3 is 1.76 bits per heavy atom. The van der Waals surface area contributed by atoms with E-state index in [-0.39, 0.29) is 22.6 Å². The number of hydrogen-bond donors (Lipinski definition) is 1. The summed E-state index contributed by atoms with van der Waals surface area (Å²) in [5.74, 6) is -2.45. The number of anilines is 1. The van der Waals surface area contributed by atoms with Crippen LogP contribution in [0.3, 0.4) is 0 Å². The number of carbonyl (C=O) groups excluding carboxylic acids is 3. The molecule has 5 rings (SSSR count). The van der Waals surface area contributed by atoms with Gasteiger partial charge in [-0.05, 0) is 36.4 Å². The van der Waals surface area contributed by atoms with Gasteiger partial charge in [-0.1, -0.05) is 54.6 Å². The summed E-state index contributed by atoms with van der Waals surface area (Å²) in [6, 6.07) is 24.5. The van der Waals surface area contributed by atoms with Gasteiger partial charge in [-0.3, -0.25) is 4.57 Å². The van der Waals surface area contributed by atoms with E-state index in [0.717, 1.165) is 10.9 Å². The van der Waals surface area contributed by atoms with E-state index in [1.807, 2.05) is 0 Å². The van der Waals surface area contributed by atoms with Crippen LogP contribution in [0.25, 0.3) is 0 Å². The van der Waals surface area contributed by atoms with E-state index in [4.69, 9.17) is 24.7 Å². The second-order valence-electron chi connectivity index (χ2n) is 8.91. The molecule has 0 saturated carbocycles. The number of hydrogen-bond acceptors (Lipinski definition) is 11. The Bertz CT molecular complexity index is 1580. The highest BCUT2D eigenvalue weighted by Crippen LogP contribution is 2.34. The number of nitrogens with two attached hydrogens (primary N) is 1. The molecule has 208 valence electrons. The lowest BCUT2D eigenvalue weighted by Gasteiger charge is -2.24. The third kappa shape index (κ3) is 6.28. The highest BCUT2D eigenvalue weighted by molar-refractivity contribution is 5.91. The lowest BCUT2D eigenvalue weighted by atomic mass is 10.1. The van der Waals surface area contributed by atoms with Gasteiger partial charge in [-0.25, -0.2) is 24.2 Å². The van der Waals surface area contributed by atoms with E-state index in [0.29, 0.717) is 0 Å². The fraction of sp³-hybridized carbons (Fsp3) is 0.172. The molecule has 1 saturated heterocycles. The van der Waals surface area contributed by atoms with Crippen LogP contribution in [0.15, 0.2) is 102 Å². The Morgan fingerprint density at radius 1 is 0.756 bits per heavy atom. The zero-order valence-electron chi connectivity index (χ0n) is 21.4. The molecule has 0 bridgehead atoms. The van der Waals surface area contributed by atoms with Crippen LogP contribution >= 0.6 is 0 Å². The summed E-state index contributed by atoms with van der Waals surface area (Å²) < 4.78 is 24.1. The molecule has 1 fully saturated rings. The molecule has 12 heteroatoms. The first-order chi connectivity index (χ1) is 19.9. The Kier molecular flexibility index (Phi) is 8.11. The Morgan fingerprint density at radius 2 is 1.24 bits per heavy atom. The maximum atomic E-state index is 13.1. The first kappa shape index (κ1) is 27.2. The standard InChI is InChI=1S/C29H24N4O8/c30-28-31-17-33(29(37)32-28)24-23(41-27(36)20-14-8-3-9-15-20)22(40-26(35)19-12-6-2-7-13-19)21(39-24)16-38-25(34)18-10-4-1-5-11-18/h1-15,17,21-24H,16H2,(H2,30,32,37)/t21-,22-,23?,24-/m1/s1. The highest BCUT2D eigenvalue weighted by Gasteiger charge is 2.51. The largest absolute Gasteiger partial charge is 0.459 e. The molecule has 41 heavy (non-hydrogen) atoms. The van der Waals surface area contributed by atoms with E-state index in [2.05, 4.69) is 9.97 Å². The lowest BCUT2D eigenvalue weighted by Crippen LogP contribution is -2.42. The summed E-state index contributed by atoms with van der Waals surface area (Å²) in [5.41, 5.74) is 5.42. The topological polar surface area (TPSA) is 162 Å². The maximum absolute atomic E-state index is 13.1. The Hall–Kier alpha value is -5.36. The molecular weight excluding hydrogens is 532 g/mol. The van der Waals surface area contributed by atoms with Gasteiger partial charge in [-0.2, -0.15) is 4.98 Å². The number of aromatic nitrogens is 3. The van der Waals surface area contributed by atoms with Gasteiger partial charge in [0.25, 0.3) is 0 Å². The number of esters is 3. The van der Waals surface area contributed by atoms with E-state index in [9.17, 15) is 19.2 Å². The van der Waals surface area contributed by atoms with Crippen LogP contribution < -0.4 is 11.4 Å². The predicted octanol–water partition coefficient (Wildman–Crippen LogP) is 2.43. The smallest absolute Gasteiger partial charge is 0.354 e. The van der Waals surface area contributed by atoms with Crippen LogP contribution in [0.5, 0.6) is 0 Å². The Balaban J connectivity index is 1.49. The molecule has 4 aromatic rings. The van der Waals surface area contributed by atoms with E-state index in [1.165, 1.54) is 12.1 Å². The molecule has 0 radical (unpaired) electrons. The molecule has 1 aromatic heterocycles. The van der Waals surface area contributed by atoms with Crippen LogP contribution in [0.2, 0.25) is 0 Å². The van der Waals surface area contributed by atoms with Crippen LogP contribution in [0, 0.1) is 0 Å². The molecular formula is C29H24N4O8. The average molecular weight is 557 g/mol. The van der Waals surface area contributed by atoms with Crippen LogP contribution in [-0.2, 0) is 18.9 Å². The van der Waals surface area contributed by atoms with Gasteiger partial charge in [0.2, 0.25) is 5.95 Å². The van der Waals surface area contributed by atoms with Gasteiger partial charge in [0, 0.05) is 0 Å². The maximum Gasteiger partial charge on any atom is 0.354 e. The van der Waals surface area contributed by atoms with Gasteiger partial charge < -0.3 is 24.7 Å². The van der Waals surface area contributed by atoms with Gasteiger partial charge in [-0.15, -0.1) is 0 Å². The van der Waals surface area contributed by atoms with E-state index >= 15 is 0 Å². The molecule has 0 aliphatic carbocycles. The van der Waals surface area contributed by atoms with E-state index < -0.39 is 54.7 Å². The van der Waals surface area contributed by atoms with Crippen molar-refractivity contribution in [2.75, 3.05) is 12.3 Å². The molecule has 4 atom stereocenters. The minimum absolute atomic E-state index is 0.208. The zero-order valence-corrected chi connectivity index (χ0v) is 21.4. The summed E-state index contributed by atoms with van der Waals surface area (Å²) in [6.07, 6.45) is -4.12. The van der Waals surface area contributed by atoms with Gasteiger partial charge in [0.05, 0.1) is 16.7 Å².